The Kier molecular flexibility index (Phi) is 5.81. The fraction of sp³-hybridized carbons (Fsp3) is 0.261. The number of anilines is 1. The van der Waals surface area contributed by atoms with E-state index in [0.717, 1.165) is 21.5 Å². The van der Waals surface area contributed by atoms with Gasteiger partial charge in [0.25, 0.3) is 0 Å². The SMILES string of the molecule is COc1ccc2nc(NC(=O)CCc3ncc(-c4ccc(C(C)C)cc4)o3)sc2c1. The van der Waals surface area contributed by atoms with Gasteiger partial charge in [-0.1, -0.05) is 49.4 Å². The lowest BCUT2D eigenvalue weighted by atomic mass is 10.0. The zero-order chi connectivity index (χ0) is 21.1. The van der Waals surface area contributed by atoms with Crippen LogP contribution in [0.4, 0.5) is 5.13 Å². The lowest BCUT2D eigenvalue weighted by Crippen LogP contribution is -2.12. The second-order valence-corrected chi connectivity index (χ2v) is 8.33. The van der Waals surface area contributed by atoms with Crippen molar-refractivity contribution in [3.05, 3.63) is 60.1 Å². The highest BCUT2D eigenvalue weighted by molar-refractivity contribution is 7.22. The van der Waals surface area contributed by atoms with E-state index in [1.165, 1.54) is 16.9 Å². The lowest BCUT2D eigenvalue weighted by molar-refractivity contribution is -0.116. The number of ether oxygens (including phenoxy) is 1. The first-order valence-corrected chi connectivity index (χ1v) is 10.6. The van der Waals surface area contributed by atoms with Gasteiger partial charge in [-0.05, 0) is 29.7 Å². The van der Waals surface area contributed by atoms with E-state index in [1.807, 2.05) is 30.3 Å². The predicted molar refractivity (Wildman–Crippen MR) is 119 cm³/mol. The molecule has 154 valence electrons. The van der Waals surface area contributed by atoms with Crippen LogP contribution in [0.25, 0.3) is 21.5 Å². The van der Waals surface area contributed by atoms with Crippen molar-refractivity contribution in [1.82, 2.24) is 9.97 Å². The second-order valence-electron chi connectivity index (χ2n) is 7.30. The quantitative estimate of drug-likeness (QED) is 0.417. The number of nitrogens with zero attached hydrogens (tertiary/aromatic N) is 2. The monoisotopic (exact) mass is 421 g/mol. The van der Waals surface area contributed by atoms with Crippen LogP contribution in [-0.4, -0.2) is 23.0 Å². The first-order chi connectivity index (χ1) is 14.5. The summed E-state index contributed by atoms with van der Waals surface area (Å²) in [6.45, 7) is 4.33. The van der Waals surface area contributed by atoms with Crippen LogP contribution in [0, 0.1) is 0 Å². The maximum Gasteiger partial charge on any atom is 0.226 e. The molecule has 1 amide bonds. The topological polar surface area (TPSA) is 77.2 Å². The number of oxazole rings is 1. The van der Waals surface area contributed by atoms with E-state index >= 15 is 0 Å². The zero-order valence-corrected chi connectivity index (χ0v) is 18.0. The van der Waals surface area contributed by atoms with Gasteiger partial charge >= 0.3 is 0 Å². The van der Waals surface area contributed by atoms with Gasteiger partial charge in [-0.3, -0.25) is 4.79 Å². The van der Waals surface area contributed by atoms with Crippen molar-refractivity contribution >= 4 is 32.6 Å². The molecule has 2 heterocycles. The summed E-state index contributed by atoms with van der Waals surface area (Å²) in [5, 5.41) is 3.42. The van der Waals surface area contributed by atoms with E-state index in [4.69, 9.17) is 9.15 Å². The maximum atomic E-state index is 12.3. The third-order valence-corrected chi connectivity index (χ3v) is 5.76. The molecule has 0 saturated carbocycles. The summed E-state index contributed by atoms with van der Waals surface area (Å²) >= 11 is 1.42. The molecule has 6 nitrogen and oxygen atoms in total. The van der Waals surface area contributed by atoms with Crippen molar-refractivity contribution in [2.45, 2.75) is 32.6 Å². The summed E-state index contributed by atoms with van der Waals surface area (Å²) in [5.41, 5.74) is 3.09. The number of hydrogen-bond donors (Lipinski definition) is 1. The second kappa shape index (κ2) is 8.67. The highest BCUT2D eigenvalue weighted by Gasteiger charge is 2.12. The Balaban J connectivity index is 1.35. The summed E-state index contributed by atoms with van der Waals surface area (Å²) in [7, 11) is 1.62. The average molecular weight is 422 g/mol. The Hall–Kier alpha value is -3.19. The number of fused-ring (bicyclic) bond motifs is 1. The molecule has 0 aliphatic carbocycles. The van der Waals surface area contributed by atoms with Crippen LogP contribution in [0.15, 0.2) is 53.1 Å². The standard InChI is InChI=1S/C23H23N3O3S/c1-14(2)15-4-6-16(7-5-15)19-13-24-22(29-19)11-10-21(27)26-23-25-18-9-8-17(28-3)12-20(18)30-23/h4-9,12-14H,10-11H2,1-3H3,(H,25,26,27). The van der Waals surface area contributed by atoms with Gasteiger partial charge in [0.05, 0.1) is 23.5 Å². The minimum Gasteiger partial charge on any atom is -0.497 e. The van der Waals surface area contributed by atoms with Gasteiger partial charge in [0.2, 0.25) is 5.91 Å². The molecule has 4 rings (SSSR count). The van der Waals surface area contributed by atoms with Crippen LogP contribution < -0.4 is 10.1 Å². The summed E-state index contributed by atoms with van der Waals surface area (Å²) < 4.78 is 12.0. The molecular weight excluding hydrogens is 398 g/mol. The van der Waals surface area contributed by atoms with Gasteiger partial charge in [-0.15, -0.1) is 0 Å². The van der Waals surface area contributed by atoms with E-state index in [1.54, 1.807) is 13.3 Å². The molecule has 7 heteroatoms. The van der Waals surface area contributed by atoms with Crippen molar-refractivity contribution in [1.29, 1.82) is 0 Å². The lowest BCUT2D eigenvalue weighted by Gasteiger charge is -2.05. The van der Waals surface area contributed by atoms with Crippen LogP contribution in [0.1, 0.15) is 37.6 Å². The van der Waals surface area contributed by atoms with Crippen LogP contribution >= 0.6 is 11.3 Å². The average Bonchev–Trinajstić information content (AvgIpc) is 3.38. The molecule has 0 bridgehead atoms. The molecule has 0 radical (unpaired) electrons. The van der Waals surface area contributed by atoms with Crippen molar-refractivity contribution in [2.24, 2.45) is 0 Å². The van der Waals surface area contributed by atoms with Crippen LogP contribution in [0.2, 0.25) is 0 Å². The Morgan fingerprint density at radius 3 is 2.73 bits per heavy atom. The largest absolute Gasteiger partial charge is 0.497 e. The molecule has 0 fully saturated rings. The van der Waals surface area contributed by atoms with E-state index in [-0.39, 0.29) is 12.3 Å². The minimum atomic E-state index is -0.123. The number of aryl methyl sites for hydroxylation is 1. The predicted octanol–water partition coefficient (Wildman–Crippen LogP) is 5.65. The van der Waals surface area contributed by atoms with Crippen molar-refractivity contribution in [3.63, 3.8) is 0 Å². The van der Waals surface area contributed by atoms with E-state index in [2.05, 4.69) is 41.3 Å². The number of carbonyl (C=O) groups excluding carboxylic acids is 1. The highest BCUT2D eigenvalue weighted by Crippen LogP contribution is 2.29. The van der Waals surface area contributed by atoms with Gasteiger partial charge in [-0.25, -0.2) is 9.97 Å². The third kappa shape index (κ3) is 4.52. The maximum absolute atomic E-state index is 12.3. The number of carbonyl (C=O) groups is 1. The van der Waals surface area contributed by atoms with Crippen molar-refractivity contribution < 1.29 is 13.9 Å². The number of amides is 1. The van der Waals surface area contributed by atoms with Crippen molar-refractivity contribution in [3.8, 4) is 17.1 Å². The van der Waals surface area contributed by atoms with E-state index < -0.39 is 0 Å². The molecule has 0 saturated heterocycles. The molecule has 0 atom stereocenters. The first kappa shape index (κ1) is 20.1. The molecule has 0 spiro atoms. The summed E-state index contributed by atoms with van der Waals surface area (Å²) in [5.74, 6) is 2.38. The summed E-state index contributed by atoms with van der Waals surface area (Å²) in [6.07, 6.45) is 2.40. The van der Waals surface area contributed by atoms with Gasteiger partial charge in [-0.2, -0.15) is 0 Å². The molecule has 2 aromatic carbocycles. The van der Waals surface area contributed by atoms with Gasteiger partial charge in [0.1, 0.15) is 5.75 Å². The number of thiazole rings is 1. The Labute approximate surface area is 178 Å². The van der Waals surface area contributed by atoms with Crippen LogP contribution in [0.3, 0.4) is 0 Å². The third-order valence-electron chi connectivity index (χ3n) is 4.82. The van der Waals surface area contributed by atoms with Gasteiger partial charge < -0.3 is 14.5 Å². The molecule has 0 aliphatic heterocycles. The molecule has 2 aromatic heterocycles. The molecule has 30 heavy (non-hydrogen) atoms. The smallest absolute Gasteiger partial charge is 0.226 e. The first-order valence-electron chi connectivity index (χ1n) is 9.81. The van der Waals surface area contributed by atoms with Crippen LogP contribution in [0.5, 0.6) is 5.75 Å². The highest BCUT2D eigenvalue weighted by atomic mass is 32.1. The van der Waals surface area contributed by atoms with E-state index in [0.29, 0.717) is 29.1 Å². The number of methoxy groups -OCH3 is 1. The zero-order valence-electron chi connectivity index (χ0n) is 17.1. The molecule has 0 unspecified atom stereocenters. The van der Waals surface area contributed by atoms with Gasteiger partial charge in [0, 0.05) is 18.4 Å². The molecule has 1 N–H and O–H groups in total. The fourth-order valence-corrected chi connectivity index (χ4v) is 3.99. The molecule has 4 aromatic rings. The van der Waals surface area contributed by atoms with Crippen molar-refractivity contribution in [2.75, 3.05) is 12.4 Å². The number of hydrogen-bond acceptors (Lipinski definition) is 6. The van der Waals surface area contributed by atoms with E-state index in [9.17, 15) is 4.79 Å². The Morgan fingerprint density at radius 2 is 2.00 bits per heavy atom. The number of aromatic nitrogens is 2. The summed E-state index contributed by atoms with van der Waals surface area (Å²) in [6, 6.07) is 13.9. The number of benzene rings is 2. The normalized spacial score (nSPS) is 11.2. The van der Waals surface area contributed by atoms with Gasteiger partial charge in [0.15, 0.2) is 16.8 Å². The number of rotatable bonds is 7. The summed E-state index contributed by atoms with van der Waals surface area (Å²) in [4.78, 5) is 21.1. The Morgan fingerprint density at radius 1 is 1.20 bits per heavy atom. The molecular formula is C23H23N3O3S. The number of nitrogens with one attached hydrogen (secondary N) is 1. The Bertz CT molecular complexity index is 1160. The van der Waals surface area contributed by atoms with Crippen LogP contribution in [-0.2, 0) is 11.2 Å². The fourth-order valence-electron chi connectivity index (χ4n) is 3.08. The molecule has 0 aliphatic rings. The minimum absolute atomic E-state index is 0.123.